The molecular formula is C15H21NO8S. The van der Waals surface area contributed by atoms with E-state index in [1.807, 2.05) is 6.07 Å². The number of rotatable bonds is 6. The number of ether oxygens (including phenoxy) is 4. The van der Waals surface area contributed by atoms with Crippen molar-refractivity contribution in [1.29, 1.82) is 0 Å². The van der Waals surface area contributed by atoms with Crippen LogP contribution in [-0.4, -0.2) is 56.6 Å². The van der Waals surface area contributed by atoms with Crippen molar-refractivity contribution in [3.63, 3.8) is 0 Å². The van der Waals surface area contributed by atoms with Crippen molar-refractivity contribution in [2.45, 2.75) is 56.9 Å². The number of pyridine rings is 1. The lowest BCUT2D eigenvalue weighted by Gasteiger charge is -2.27. The molecule has 0 bridgehead atoms. The predicted molar refractivity (Wildman–Crippen MR) is 80.7 cm³/mol. The molecule has 3 rings (SSSR count). The topological polar surface area (TPSA) is 107 Å². The maximum atomic E-state index is 11.2. The van der Waals surface area contributed by atoms with E-state index in [2.05, 4.69) is 0 Å². The van der Waals surface area contributed by atoms with Gasteiger partial charge >= 0.3 is 0 Å². The maximum Gasteiger partial charge on any atom is 0.218 e. The van der Waals surface area contributed by atoms with E-state index >= 15 is 0 Å². The van der Waals surface area contributed by atoms with Crippen molar-refractivity contribution in [3.05, 3.63) is 30.6 Å². The van der Waals surface area contributed by atoms with E-state index in [1.54, 1.807) is 42.9 Å². The van der Waals surface area contributed by atoms with Gasteiger partial charge in [-0.3, -0.25) is 4.18 Å². The summed E-state index contributed by atoms with van der Waals surface area (Å²) in [6, 6.07) is 5.37. The van der Waals surface area contributed by atoms with Crippen LogP contribution in [-0.2, 0) is 40.1 Å². The highest BCUT2D eigenvalue weighted by molar-refractivity contribution is 7.80. The average molecular weight is 375 g/mol. The van der Waals surface area contributed by atoms with Crippen LogP contribution in [0.2, 0.25) is 0 Å². The van der Waals surface area contributed by atoms with Gasteiger partial charge in [-0.25, -0.2) is 13.0 Å². The second-order valence-corrected chi connectivity index (χ2v) is 7.39. The summed E-state index contributed by atoms with van der Waals surface area (Å²) >= 11 is 0. The Morgan fingerprint density at radius 2 is 1.84 bits per heavy atom. The number of aromatic nitrogens is 1. The Kier molecular flexibility index (Phi) is 5.13. The van der Waals surface area contributed by atoms with Crippen LogP contribution in [0.15, 0.2) is 30.6 Å². The largest absolute Gasteiger partial charge is 0.726 e. The summed E-state index contributed by atoms with van der Waals surface area (Å²) in [5, 5.41) is 0. The molecule has 0 unspecified atom stereocenters. The molecule has 0 N–H and O–H groups in total. The van der Waals surface area contributed by atoms with Crippen LogP contribution in [0, 0.1) is 0 Å². The minimum atomic E-state index is -4.94. The van der Waals surface area contributed by atoms with Crippen molar-refractivity contribution in [3.8, 4) is 0 Å². The van der Waals surface area contributed by atoms with Gasteiger partial charge in [0.05, 0.1) is 0 Å². The lowest BCUT2D eigenvalue weighted by atomic mass is 10.1. The van der Waals surface area contributed by atoms with E-state index in [1.165, 1.54) is 7.11 Å². The molecule has 3 heterocycles. The van der Waals surface area contributed by atoms with Gasteiger partial charge in [0.2, 0.25) is 10.4 Å². The van der Waals surface area contributed by atoms with E-state index in [0.717, 1.165) is 0 Å². The Morgan fingerprint density at radius 3 is 2.44 bits per heavy atom. The van der Waals surface area contributed by atoms with Gasteiger partial charge in [0, 0.05) is 19.2 Å². The van der Waals surface area contributed by atoms with Crippen LogP contribution in [0.1, 0.15) is 13.8 Å². The summed E-state index contributed by atoms with van der Waals surface area (Å²) in [5.41, 5.74) is 0. The Labute approximate surface area is 146 Å². The van der Waals surface area contributed by atoms with Gasteiger partial charge in [0.15, 0.2) is 37.1 Å². The SMILES string of the molecule is CO[C@H]1O[C@H]([C@@H](C[n+]2ccccc2)OS(=O)(=O)[O-])[C@@H]2OC(C)(C)O[C@H]12. The Morgan fingerprint density at radius 1 is 1.20 bits per heavy atom. The van der Waals surface area contributed by atoms with E-state index in [0.29, 0.717) is 0 Å². The number of methoxy groups -OCH3 is 1. The molecule has 0 amide bonds. The van der Waals surface area contributed by atoms with Gasteiger partial charge in [0.25, 0.3) is 0 Å². The molecule has 0 saturated carbocycles. The first kappa shape index (κ1) is 18.6. The quantitative estimate of drug-likeness (QED) is 0.379. The van der Waals surface area contributed by atoms with E-state index in [-0.39, 0.29) is 6.54 Å². The Balaban J connectivity index is 1.87. The summed E-state index contributed by atoms with van der Waals surface area (Å²) in [5.74, 6) is -0.880. The van der Waals surface area contributed by atoms with Gasteiger partial charge < -0.3 is 23.5 Å². The highest BCUT2D eigenvalue weighted by atomic mass is 32.3. The fourth-order valence-electron chi connectivity index (χ4n) is 3.18. The monoisotopic (exact) mass is 375 g/mol. The van der Waals surface area contributed by atoms with Gasteiger partial charge in [-0.05, 0) is 13.8 Å². The molecule has 0 aliphatic carbocycles. The van der Waals surface area contributed by atoms with Crippen LogP contribution >= 0.6 is 0 Å². The predicted octanol–water partition coefficient (Wildman–Crippen LogP) is -0.289. The molecule has 10 heteroatoms. The van der Waals surface area contributed by atoms with Crippen LogP contribution in [0.4, 0.5) is 0 Å². The van der Waals surface area contributed by atoms with Crippen molar-refractivity contribution >= 4 is 10.4 Å². The number of hydrogen-bond acceptors (Lipinski definition) is 8. The summed E-state index contributed by atoms with van der Waals surface area (Å²) in [6.07, 6.45) is -0.429. The second-order valence-electron chi connectivity index (χ2n) is 6.38. The number of hydrogen-bond donors (Lipinski definition) is 0. The van der Waals surface area contributed by atoms with Gasteiger partial charge in [0.1, 0.15) is 18.3 Å². The third-order valence-electron chi connectivity index (χ3n) is 4.06. The maximum absolute atomic E-state index is 11.2. The van der Waals surface area contributed by atoms with Crippen molar-refractivity contribution in [2.24, 2.45) is 0 Å². The smallest absolute Gasteiger partial charge is 0.218 e. The molecule has 25 heavy (non-hydrogen) atoms. The van der Waals surface area contributed by atoms with Gasteiger partial charge in [-0.15, -0.1) is 0 Å². The van der Waals surface area contributed by atoms with Crippen LogP contribution in [0.5, 0.6) is 0 Å². The molecule has 0 radical (unpaired) electrons. The lowest BCUT2D eigenvalue weighted by molar-refractivity contribution is -0.704. The zero-order valence-electron chi connectivity index (χ0n) is 14.1. The fraction of sp³-hybridized carbons (Fsp3) is 0.667. The highest BCUT2D eigenvalue weighted by Gasteiger charge is 2.58. The normalized spacial score (nSPS) is 32.5. The minimum Gasteiger partial charge on any atom is -0.726 e. The molecule has 1 aromatic rings. The van der Waals surface area contributed by atoms with Crippen LogP contribution in [0.25, 0.3) is 0 Å². The molecule has 1 aromatic heterocycles. The third-order valence-corrected chi connectivity index (χ3v) is 4.54. The van der Waals surface area contributed by atoms with Crippen molar-refractivity contribution < 1.29 is 40.7 Å². The fourth-order valence-corrected chi connectivity index (χ4v) is 3.66. The molecule has 5 atom stereocenters. The van der Waals surface area contributed by atoms with E-state index in [9.17, 15) is 13.0 Å². The third kappa shape index (κ3) is 4.34. The Bertz CT molecular complexity index is 695. The molecule has 9 nitrogen and oxygen atoms in total. The first-order chi connectivity index (χ1) is 11.7. The summed E-state index contributed by atoms with van der Waals surface area (Å²) < 4.78 is 62.7. The summed E-state index contributed by atoms with van der Waals surface area (Å²) in [6.45, 7) is 3.55. The molecule has 2 aliphatic rings. The first-order valence-electron chi connectivity index (χ1n) is 7.80. The molecule has 2 aliphatic heterocycles. The lowest BCUT2D eigenvalue weighted by Crippen LogP contribution is -2.50. The van der Waals surface area contributed by atoms with Gasteiger partial charge in [-0.1, -0.05) is 6.07 Å². The summed E-state index contributed by atoms with van der Waals surface area (Å²) in [7, 11) is -3.49. The van der Waals surface area contributed by atoms with E-state index in [4.69, 9.17) is 23.1 Å². The van der Waals surface area contributed by atoms with Crippen molar-refractivity contribution in [2.75, 3.05) is 7.11 Å². The van der Waals surface area contributed by atoms with Gasteiger partial charge in [-0.2, -0.15) is 0 Å². The molecule has 0 aromatic carbocycles. The van der Waals surface area contributed by atoms with E-state index < -0.39 is 46.9 Å². The number of nitrogens with zero attached hydrogens (tertiary/aromatic N) is 1. The number of fused-ring (bicyclic) bond motifs is 1. The zero-order chi connectivity index (χ0) is 18.2. The molecular weight excluding hydrogens is 354 g/mol. The Hall–Kier alpha value is -1.14. The standard InChI is InChI=1S/C15H21NO8S/c1-15(2)22-12-11(21-14(20-3)13(12)23-15)10(24-25(17,18)19)9-16-7-5-4-6-8-16/h4-8,10-14H,9H2,1-3H3/t10-,11-,12+,13+,14+/m1/s1. The first-order valence-corrected chi connectivity index (χ1v) is 9.14. The molecule has 2 saturated heterocycles. The molecule has 2 fully saturated rings. The van der Waals surface area contributed by atoms with Crippen LogP contribution < -0.4 is 4.57 Å². The van der Waals surface area contributed by atoms with Crippen molar-refractivity contribution in [1.82, 2.24) is 0 Å². The zero-order valence-corrected chi connectivity index (χ0v) is 14.9. The summed E-state index contributed by atoms with van der Waals surface area (Å²) in [4.78, 5) is 0. The van der Waals surface area contributed by atoms with Crippen LogP contribution in [0.3, 0.4) is 0 Å². The highest BCUT2D eigenvalue weighted by Crippen LogP contribution is 2.40. The average Bonchev–Trinajstić information content (AvgIpc) is 2.99. The molecule has 140 valence electrons. The molecule has 0 spiro atoms. The minimum absolute atomic E-state index is 0.0798. The second kappa shape index (κ2) is 6.88.